The summed E-state index contributed by atoms with van der Waals surface area (Å²) >= 11 is 2.86. The lowest BCUT2D eigenvalue weighted by Gasteiger charge is -2.14. The highest BCUT2D eigenvalue weighted by atomic mass is 32.1. The van der Waals surface area contributed by atoms with Crippen LogP contribution in [0.5, 0.6) is 0 Å². The van der Waals surface area contributed by atoms with E-state index in [4.69, 9.17) is 0 Å². The van der Waals surface area contributed by atoms with E-state index in [2.05, 4.69) is 41.0 Å². The topological polar surface area (TPSA) is 67.8 Å². The van der Waals surface area contributed by atoms with Crippen LogP contribution in [0.25, 0.3) is 10.2 Å². The van der Waals surface area contributed by atoms with Crippen molar-refractivity contribution in [3.63, 3.8) is 0 Å². The third-order valence-corrected chi connectivity index (χ3v) is 5.72. The Bertz CT molecular complexity index is 934. The van der Waals surface area contributed by atoms with E-state index >= 15 is 0 Å². The number of nitrogens with one attached hydrogen (secondary N) is 1. The van der Waals surface area contributed by atoms with Crippen LogP contribution >= 0.6 is 22.7 Å². The van der Waals surface area contributed by atoms with Gasteiger partial charge >= 0.3 is 0 Å². The Morgan fingerprint density at radius 2 is 1.83 bits per heavy atom. The normalized spacial score (nSPS) is 11.9. The highest BCUT2D eigenvalue weighted by Gasteiger charge is 2.21. The second-order valence-corrected chi connectivity index (χ2v) is 8.69. The molecule has 3 heterocycles. The number of aryl methyl sites for hydroxylation is 3. The van der Waals surface area contributed by atoms with Gasteiger partial charge in [0.1, 0.15) is 10.7 Å². The van der Waals surface area contributed by atoms with Crippen LogP contribution in [0.4, 0.5) is 5.13 Å². The van der Waals surface area contributed by atoms with Crippen LogP contribution in [0, 0.1) is 20.8 Å². The number of nitrogens with zero attached hydrogens (tertiary/aromatic N) is 3. The Balaban J connectivity index is 1.93. The molecular formula is C17H20N4OS2. The second-order valence-electron chi connectivity index (χ2n) is 6.83. The summed E-state index contributed by atoms with van der Waals surface area (Å²) in [6.45, 7) is 12.1. The van der Waals surface area contributed by atoms with Crippen molar-refractivity contribution >= 4 is 43.9 Å². The molecule has 0 radical (unpaired) electrons. The van der Waals surface area contributed by atoms with Gasteiger partial charge in [0.05, 0.1) is 10.6 Å². The Morgan fingerprint density at radius 3 is 2.46 bits per heavy atom. The fourth-order valence-electron chi connectivity index (χ4n) is 2.52. The van der Waals surface area contributed by atoms with Gasteiger partial charge < -0.3 is 0 Å². The van der Waals surface area contributed by atoms with E-state index < -0.39 is 0 Å². The van der Waals surface area contributed by atoms with Crippen molar-refractivity contribution in [2.45, 2.75) is 47.0 Å². The number of anilines is 1. The fraction of sp³-hybridized carbons (Fsp3) is 0.412. The van der Waals surface area contributed by atoms with Crippen LogP contribution < -0.4 is 5.32 Å². The highest BCUT2D eigenvalue weighted by Crippen LogP contribution is 2.32. The molecule has 0 aliphatic heterocycles. The van der Waals surface area contributed by atoms with Gasteiger partial charge in [-0.15, -0.1) is 22.7 Å². The third-order valence-electron chi connectivity index (χ3n) is 3.78. The van der Waals surface area contributed by atoms with E-state index in [9.17, 15) is 4.79 Å². The summed E-state index contributed by atoms with van der Waals surface area (Å²) in [7, 11) is 0. The van der Waals surface area contributed by atoms with Gasteiger partial charge in [0.25, 0.3) is 5.91 Å². The zero-order chi connectivity index (χ0) is 17.6. The molecular weight excluding hydrogens is 340 g/mol. The maximum atomic E-state index is 12.7. The average Bonchev–Trinajstić information content (AvgIpc) is 3.03. The molecule has 126 valence electrons. The van der Waals surface area contributed by atoms with Gasteiger partial charge in [0.15, 0.2) is 5.13 Å². The van der Waals surface area contributed by atoms with Crippen molar-refractivity contribution in [3.05, 3.63) is 33.0 Å². The van der Waals surface area contributed by atoms with Crippen molar-refractivity contribution in [2.24, 2.45) is 0 Å². The first-order valence-corrected chi connectivity index (χ1v) is 9.38. The van der Waals surface area contributed by atoms with E-state index in [-0.39, 0.29) is 11.3 Å². The van der Waals surface area contributed by atoms with E-state index in [1.165, 1.54) is 22.7 Å². The molecule has 0 aliphatic rings. The summed E-state index contributed by atoms with van der Waals surface area (Å²) < 4.78 is 0. The molecule has 1 amide bonds. The van der Waals surface area contributed by atoms with Crippen LogP contribution in [-0.4, -0.2) is 20.9 Å². The molecule has 7 heteroatoms. The molecule has 1 N–H and O–H groups in total. The van der Waals surface area contributed by atoms with E-state index in [0.29, 0.717) is 10.0 Å². The van der Waals surface area contributed by atoms with Gasteiger partial charge in [0, 0.05) is 21.9 Å². The van der Waals surface area contributed by atoms with Crippen molar-refractivity contribution < 1.29 is 4.79 Å². The number of carbonyl (C=O) groups excluding carboxylic acids is 1. The maximum absolute atomic E-state index is 12.7. The molecule has 0 saturated carbocycles. The summed E-state index contributed by atoms with van der Waals surface area (Å²) in [5, 5.41) is 6.51. The molecule has 3 rings (SSSR count). The first kappa shape index (κ1) is 17.0. The molecule has 0 saturated heterocycles. The zero-order valence-electron chi connectivity index (χ0n) is 14.6. The van der Waals surface area contributed by atoms with Gasteiger partial charge in [-0.25, -0.2) is 15.0 Å². The summed E-state index contributed by atoms with van der Waals surface area (Å²) in [5.41, 5.74) is 2.79. The molecule has 0 aromatic carbocycles. The number of thiazole rings is 1. The predicted molar refractivity (Wildman–Crippen MR) is 100 cm³/mol. The summed E-state index contributed by atoms with van der Waals surface area (Å²) in [4.78, 5) is 27.6. The van der Waals surface area contributed by atoms with Crippen molar-refractivity contribution in [1.29, 1.82) is 0 Å². The highest BCUT2D eigenvalue weighted by molar-refractivity contribution is 7.21. The summed E-state index contributed by atoms with van der Waals surface area (Å²) in [6, 6.07) is 0. The van der Waals surface area contributed by atoms with Gasteiger partial charge in [0.2, 0.25) is 0 Å². The predicted octanol–water partition coefficient (Wildman–Crippen LogP) is 4.62. The maximum Gasteiger partial charge on any atom is 0.267 e. The molecule has 0 fully saturated rings. The van der Waals surface area contributed by atoms with Crippen LogP contribution in [0.2, 0.25) is 0 Å². The van der Waals surface area contributed by atoms with Crippen molar-refractivity contribution in [3.8, 4) is 0 Å². The zero-order valence-corrected chi connectivity index (χ0v) is 16.3. The first-order valence-electron chi connectivity index (χ1n) is 7.68. The van der Waals surface area contributed by atoms with Crippen LogP contribution in [0.1, 0.15) is 53.2 Å². The number of hydrogen-bond acceptors (Lipinski definition) is 6. The Kier molecular flexibility index (Phi) is 4.17. The van der Waals surface area contributed by atoms with E-state index in [0.717, 1.165) is 33.0 Å². The Morgan fingerprint density at radius 1 is 1.12 bits per heavy atom. The van der Waals surface area contributed by atoms with Crippen molar-refractivity contribution in [2.75, 3.05) is 5.32 Å². The minimum absolute atomic E-state index is 0.0305. The number of fused-ring (bicyclic) bond motifs is 1. The third kappa shape index (κ3) is 3.06. The minimum Gasteiger partial charge on any atom is -0.297 e. The number of hydrogen-bond donors (Lipinski definition) is 1. The molecule has 5 nitrogen and oxygen atoms in total. The second kappa shape index (κ2) is 5.89. The monoisotopic (exact) mass is 360 g/mol. The number of aromatic nitrogens is 3. The molecule has 3 aromatic heterocycles. The minimum atomic E-state index is -0.137. The van der Waals surface area contributed by atoms with Crippen LogP contribution in [0.3, 0.4) is 0 Å². The number of thiophene rings is 1. The van der Waals surface area contributed by atoms with Crippen molar-refractivity contribution in [1.82, 2.24) is 15.0 Å². The Labute approximate surface area is 149 Å². The lowest BCUT2D eigenvalue weighted by atomic mass is 9.93. The summed E-state index contributed by atoms with van der Waals surface area (Å²) in [5.74, 6) is 0.588. The van der Waals surface area contributed by atoms with Gasteiger partial charge in [-0.2, -0.15) is 0 Å². The smallest absolute Gasteiger partial charge is 0.267 e. The molecule has 24 heavy (non-hydrogen) atoms. The fourth-order valence-corrected chi connectivity index (χ4v) is 4.62. The number of carbonyl (C=O) groups is 1. The number of rotatable bonds is 2. The summed E-state index contributed by atoms with van der Waals surface area (Å²) in [6.07, 6.45) is 0. The van der Waals surface area contributed by atoms with E-state index in [1.807, 2.05) is 26.2 Å². The van der Waals surface area contributed by atoms with Gasteiger partial charge in [-0.1, -0.05) is 20.8 Å². The Hall–Kier alpha value is -1.86. The first-order chi connectivity index (χ1) is 11.2. The quantitative estimate of drug-likeness (QED) is 0.724. The molecule has 3 aromatic rings. The van der Waals surface area contributed by atoms with Gasteiger partial charge in [-0.3, -0.25) is 10.1 Å². The number of amides is 1. The van der Waals surface area contributed by atoms with Crippen LogP contribution in [-0.2, 0) is 5.41 Å². The molecule has 0 atom stereocenters. The SMILES string of the molecule is Cc1nc(C)c2c(C)c(C(=O)Nc3nc(C(C)(C)C)cs3)sc2n1. The largest absolute Gasteiger partial charge is 0.297 e. The molecule has 0 unspecified atom stereocenters. The average molecular weight is 361 g/mol. The standard InChI is InChI=1S/C17H20N4OS2/c1-8-12-9(2)18-10(3)19-15(12)24-13(8)14(22)21-16-20-11(7-23-16)17(4,5)6/h7H,1-6H3,(H,20,21,22). The van der Waals surface area contributed by atoms with Crippen LogP contribution in [0.15, 0.2) is 5.38 Å². The molecule has 0 spiro atoms. The molecule has 0 aliphatic carbocycles. The van der Waals surface area contributed by atoms with E-state index in [1.54, 1.807) is 0 Å². The van der Waals surface area contributed by atoms with Gasteiger partial charge in [-0.05, 0) is 26.3 Å². The lowest BCUT2D eigenvalue weighted by Crippen LogP contribution is -2.14. The molecule has 0 bridgehead atoms. The lowest BCUT2D eigenvalue weighted by molar-refractivity contribution is 0.103.